The Labute approximate surface area is 175 Å². The number of urea groups is 1. The van der Waals surface area contributed by atoms with E-state index in [2.05, 4.69) is 5.32 Å². The van der Waals surface area contributed by atoms with Crippen molar-refractivity contribution < 1.29 is 24.2 Å². The van der Waals surface area contributed by atoms with Crippen LogP contribution in [0.15, 0.2) is 48.5 Å². The summed E-state index contributed by atoms with van der Waals surface area (Å²) in [6.07, 6.45) is 1.47. The number of nitrogens with one attached hydrogen (secondary N) is 1. The number of hydrogen-bond donors (Lipinski definition) is 2. The number of cyclic esters (lactones) is 1. The number of para-hydroxylation sites is 1. The zero-order valence-corrected chi connectivity index (χ0v) is 16.6. The second-order valence-electron chi connectivity index (χ2n) is 7.39. The van der Waals surface area contributed by atoms with Crippen LogP contribution in [0, 0.1) is 0 Å². The van der Waals surface area contributed by atoms with Gasteiger partial charge in [0, 0.05) is 30.1 Å². The van der Waals surface area contributed by atoms with Crippen molar-refractivity contribution in [3.05, 3.63) is 54.1 Å². The lowest BCUT2D eigenvalue weighted by molar-refractivity contribution is 0.0817. The van der Waals surface area contributed by atoms with E-state index in [0.29, 0.717) is 43.2 Å². The minimum absolute atomic E-state index is 0.0210. The predicted molar refractivity (Wildman–Crippen MR) is 112 cm³/mol. The molecule has 8 heteroatoms. The molecule has 30 heavy (non-hydrogen) atoms. The van der Waals surface area contributed by atoms with Crippen LogP contribution in [-0.4, -0.2) is 54.5 Å². The Morgan fingerprint density at radius 3 is 2.80 bits per heavy atom. The summed E-state index contributed by atoms with van der Waals surface area (Å²) in [6.45, 7) is 2.22. The number of hydrogen-bond acceptors (Lipinski definition) is 5. The Kier molecular flexibility index (Phi) is 6.04. The summed E-state index contributed by atoms with van der Waals surface area (Å²) in [7, 11) is 0. The van der Waals surface area contributed by atoms with Crippen molar-refractivity contribution in [2.24, 2.45) is 0 Å². The topological polar surface area (TPSA) is 91.3 Å². The molecule has 3 amide bonds. The molecule has 2 aromatic carbocycles. The summed E-state index contributed by atoms with van der Waals surface area (Å²) in [4.78, 5) is 28.1. The zero-order chi connectivity index (χ0) is 20.9. The Morgan fingerprint density at radius 2 is 2.07 bits per heavy atom. The summed E-state index contributed by atoms with van der Waals surface area (Å²) >= 11 is 0. The molecule has 0 spiro atoms. The van der Waals surface area contributed by atoms with Crippen molar-refractivity contribution in [3.63, 3.8) is 0 Å². The molecule has 0 saturated carbocycles. The van der Waals surface area contributed by atoms with Gasteiger partial charge in [0.25, 0.3) is 0 Å². The summed E-state index contributed by atoms with van der Waals surface area (Å²) in [5.41, 5.74) is 1.91. The zero-order valence-electron chi connectivity index (χ0n) is 16.6. The lowest BCUT2D eigenvalue weighted by atomic mass is 10.1. The first-order valence-corrected chi connectivity index (χ1v) is 10.1. The molecule has 0 aliphatic carbocycles. The van der Waals surface area contributed by atoms with Crippen molar-refractivity contribution >= 4 is 23.5 Å². The van der Waals surface area contributed by atoms with E-state index in [1.807, 2.05) is 6.07 Å². The monoisotopic (exact) mass is 411 g/mol. The number of ether oxygens (including phenoxy) is 2. The molecule has 0 aromatic heterocycles. The molecule has 2 aliphatic rings. The number of carbonyl (C=O) groups excluding carboxylic acids is 2. The summed E-state index contributed by atoms with van der Waals surface area (Å²) < 4.78 is 10.7. The number of anilines is 2. The Morgan fingerprint density at radius 1 is 1.20 bits per heavy atom. The van der Waals surface area contributed by atoms with Crippen LogP contribution in [0.2, 0.25) is 0 Å². The van der Waals surface area contributed by atoms with Crippen LogP contribution in [0.5, 0.6) is 5.75 Å². The van der Waals surface area contributed by atoms with Gasteiger partial charge in [-0.25, -0.2) is 9.59 Å². The highest BCUT2D eigenvalue weighted by Crippen LogP contribution is 2.24. The molecule has 0 unspecified atom stereocenters. The number of nitrogens with zero attached hydrogens (tertiary/aromatic N) is 2. The summed E-state index contributed by atoms with van der Waals surface area (Å²) in [5, 5.41) is 13.0. The van der Waals surface area contributed by atoms with Gasteiger partial charge in [0.05, 0.1) is 19.2 Å². The molecular weight excluding hydrogens is 386 g/mol. The fourth-order valence-corrected chi connectivity index (χ4v) is 3.69. The van der Waals surface area contributed by atoms with Gasteiger partial charge < -0.3 is 24.8 Å². The van der Waals surface area contributed by atoms with E-state index in [1.54, 1.807) is 47.4 Å². The second-order valence-corrected chi connectivity index (χ2v) is 7.39. The molecule has 8 nitrogen and oxygen atoms in total. The average molecular weight is 411 g/mol. The maximum atomic E-state index is 13.1. The van der Waals surface area contributed by atoms with Gasteiger partial charge in [0.1, 0.15) is 12.4 Å². The number of phenols is 1. The Bertz CT molecular complexity index is 913. The van der Waals surface area contributed by atoms with Gasteiger partial charge in [-0.2, -0.15) is 0 Å². The number of aromatic hydroxyl groups is 1. The highest BCUT2D eigenvalue weighted by molar-refractivity contribution is 5.93. The molecule has 1 atom stereocenters. The molecular formula is C22H25N3O5. The smallest absolute Gasteiger partial charge is 0.414 e. The van der Waals surface area contributed by atoms with Crippen molar-refractivity contribution in [2.75, 3.05) is 36.5 Å². The molecule has 2 heterocycles. The SMILES string of the molecule is O=C(Nc1cccc(N2CCOC2=O)c1)N(Cc1ccccc1O)C[C@H]1CCCO1. The maximum absolute atomic E-state index is 13.1. The fourth-order valence-electron chi connectivity index (χ4n) is 3.69. The third-order valence-electron chi connectivity index (χ3n) is 5.26. The number of benzene rings is 2. The van der Waals surface area contributed by atoms with E-state index in [9.17, 15) is 14.7 Å². The lowest BCUT2D eigenvalue weighted by Gasteiger charge is -2.26. The Balaban J connectivity index is 1.49. The number of phenolic OH excluding ortho intramolecular Hbond substituents is 1. The highest BCUT2D eigenvalue weighted by atomic mass is 16.6. The highest BCUT2D eigenvalue weighted by Gasteiger charge is 2.25. The van der Waals surface area contributed by atoms with Gasteiger partial charge in [-0.3, -0.25) is 4.90 Å². The average Bonchev–Trinajstić information content (AvgIpc) is 3.41. The molecule has 2 aliphatic heterocycles. The number of amides is 3. The van der Waals surface area contributed by atoms with Crippen LogP contribution < -0.4 is 10.2 Å². The first-order chi connectivity index (χ1) is 14.6. The predicted octanol–water partition coefficient (Wildman–Crippen LogP) is 3.56. The van der Waals surface area contributed by atoms with Gasteiger partial charge >= 0.3 is 12.1 Å². The second kappa shape index (κ2) is 9.04. The molecule has 2 aromatic rings. The lowest BCUT2D eigenvalue weighted by Crippen LogP contribution is -2.39. The largest absolute Gasteiger partial charge is 0.508 e. The molecule has 158 valence electrons. The van der Waals surface area contributed by atoms with E-state index in [0.717, 1.165) is 12.8 Å². The van der Waals surface area contributed by atoms with Gasteiger partial charge in [0.15, 0.2) is 0 Å². The van der Waals surface area contributed by atoms with Crippen molar-refractivity contribution in [3.8, 4) is 5.75 Å². The normalized spacial score (nSPS) is 18.3. The first-order valence-electron chi connectivity index (χ1n) is 10.1. The van der Waals surface area contributed by atoms with Crippen LogP contribution in [0.1, 0.15) is 18.4 Å². The third kappa shape index (κ3) is 4.65. The van der Waals surface area contributed by atoms with Crippen LogP contribution >= 0.6 is 0 Å². The summed E-state index contributed by atoms with van der Waals surface area (Å²) in [5.74, 6) is 0.150. The molecule has 0 bridgehead atoms. The van der Waals surface area contributed by atoms with Crippen LogP contribution in [0.3, 0.4) is 0 Å². The van der Waals surface area contributed by atoms with E-state index in [4.69, 9.17) is 9.47 Å². The Hall–Kier alpha value is -3.26. The summed E-state index contributed by atoms with van der Waals surface area (Å²) in [6, 6.07) is 13.8. The van der Waals surface area contributed by atoms with Crippen LogP contribution in [0.4, 0.5) is 21.0 Å². The van der Waals surface area contributed by atoms with Gasteiger partial charge in [0.2, 0.25) is 0 Å². The third-order valence-corrected chi connectivity index (χ3v) is 5.26. The van der Waals surface area contributed by atoms with Crippen molar-refractivity contribution in [2.45, 2.75) is 25.5 Å². The molecule has 2 saturated heterocycles. The van der Waals surface area contributed by atoms with Gasteiger partial charge in [-0.15, -0.1) is 0 Å². The minimum atomic E-state index is -0.391. The molecule has 0 radical (unpaired) electrons. The molecule has 4 rings (SSSR count). The first kappa shape index (κ1) is 20.0. The van der Waals surface area contributed by atoms with Gasteiger partial charge in [-0.1, -0.05) is 24.3 Å². The minimum Gasteiger partial charge on any atom is -0.508 e. The van der Waals surface area contributed by atoms with Crippen LogP contribution in [0.25, 0.3) is 0 Å². The quantitative estimate of drug-likeness (QED) is 0.758. The maximum Gasteiger partial charge on any atom is 0.414 e. The fraction of sp³-hybridized carbons (Fsp3) is 0.364. The van der Waals surface area contributed by atoms with Crippen LogP contribution in [-0.2, 0) is 16.0 Å². The van der Waals surface area contributed by atoms with E-state index < -0.39 is 6.09 Å². The standard InChI is InChI=1S/C22H25N3O5/c26-20-9-2-1-5-16(20)14-24(15-19-8-4-11-29-19)21(27)23-17-6-3-7-18(13-17)25-10-12-30-22(25)28/h1-3,5-7,9,13,19,26H,4,8,10-12,14-15H2,(H,23,27)/t19-/m1/s1. The number of carbonyl (C=O) groups is 2. The molecule has 2 N–H and O–H groups in total. The number of rotatable bonds is 6. The van der Waals surface area contributed by atoms with Crippen molar-refractivity contribution in [1.29, 1.82) is 0 Å². The van der Waals surface area contributed by atoms with E-state index >= 15 is 0 Å². The van der Waals surface area contributed by atoms with E-state index in [-0.39, 0.29) is 24.4 Å². The van der Waals surface area contributed by atoms with Crippen molar-refractivity contribution in [1.82, 2.24) is 4.90 Å². The van der Waals surface area contributed by atoms with Gasteiger partial charge in [-0.05, 0) is 37.1 Å². The molecule has 2 fully saturated rings. The van der Waals surface area contributed by atoms with E-state index in [1.165, 1.54) is 4.90 Å².